The van der Waals surface area contributed by atoms with Crippen LogP contribution in [-0.4, -0.2) is 23.0 Å². The molecule has 3 N–H and O–H groups in total. The van der Waals surface area contributed by atoms with E-state index in [0.717, 1.165) is 48.1 Å². The van der Waals surface area contributed by atoms with Gasteiger partial charge in [-0.25, -0.2) is 4.39 Å². The van der Waals surface area contributed by atoms with Crippen LogP contribution in [0.25, 0.3) is 5.69 Å². The van der Waals surface area contributed by atoms with Crippen molar-refractivity contribution in [1.82, 2.24) is 9.88 Å². The highest BCUT2D eigenvalue weighted by Crippen LogP contribution is 2.32. The van der Waals surface area contributed by atoms with Crippen LogP contribution in [0.3, 0.4) is 0 Å². The number of aryl methyl sites for hydroxylation is 2. The molecule has 6 nitrogen and oxygen atoms in total. The van der Waals surface area contributed by atoms with Gasteiger partial charge in [0.05, 0.1) is 12.3 Å². The van der Waals surface area contributed by atoms with E-state index in [-0.39, 0.29) is 12.5 Å². The molecule has 3 aromatic rings. The van der Waals surface area contributed by atoms with Crippen LogP contribution in [0.4, 0.5) is 4.39 Å². The van der Waals surface area contributed by atoms with E-state index < -0.39 is 11.7 Å². The number of rotatable bonds is 7. The predicted octanol–water partition coefficient (Wildman–Crippen LogP) is 4.23. The normalized spacial score (nSPS) is 12.8. The number of aromatic nitrogens is 1. The standard InChI is InChI=1S/C26H28FN3O3/c1-3-33-23-12-17(14-29-26(32)21-13-19(27)10-8-16(21)2)9-11-22(23)30-15-18-6-4-5-7-20(18)24(30)25(28)31/h8-13,15H,3-7,14H2,1-2H3,(H2,28,31)(H,29,32). The zero-order valence-corrected chi connectivity index (χ0v) is 18.9. The highest BCUT2D eigenvalue weighted by molar-refractivity contribution is 5.95. The number of amides is 2. The fraction of sp³-hybridized carbons (Fsp3) is 0.308. The van der Waals surface area contributed by atoms with Crippen molar-refractivity contribution in [2.75, 3.05) is 6.61 Å². The largest absolute Gasteiger partial charge is 0.492 e. The number of fused-ring (bicyclic) bond motifs is 1. The lowest BCUT2D eigenvalue weighted by atomic mass is 9.94. The summed E-state index contributed by atoms with van der Waals surface area (Å²) in [6.45, 7) is 4.35. The number of benzene rings is 2. The minimum absolute atomic E-state index is 0.250. The fourth-order valence-corrected chi connectivity index (χ4v) is 4.42. The van der Waals surface area contributed by atoms with Crippen LogP contribution in [-0.2, 0) is 19.4 Å². The zero-order valence-electron chi connectivity index (χ0n) is 18.9. The molecule has 1 aromatic heterocycles. The Labute approximate surface area is 192 Å². The molecule has 0 radical (unpaired) electrons. The molecule has 1 aliphatic carbocycles. The SMILES string of the molecule is CCOc1cc(CNC(=O)c2cc(F)ccc2C)ccc1-n1cc2c(c1C(N)=O)CCCC2. The van der Waals surface area contributed by atoms with Gasteiger partial charge in [-0.2, -0.15) is 0 Å². The highest BCUT2D eigenvalue weighted by atomic mass is 19.1. The lowest BCUT2D eigenvalue weighted by Crippen LogP contribution is -2.24. The van der Waals surface area contributed by atoms with Gasteiger partial charge in [0.2, 0.25) is 0 Å². The first-order chi connectivity index (χ1) is 15.9. The molecule has 2 aromatic carbocycles. The summed E-state index contributed by atoms with van der Waals surface area (Å²) in [5.41, 5.74) is 11.0. The van der Waals surface area contributed by atoms with E-state index in [1.807, 2.05) is 35.9 Å². The summed E-state index contributed by atoms with van der Waals surface area (Å²) in [7, 11) is 0. The van der Waals surface area contributed by atoms with Crippen LogP contribution < -0.4 is 15.8 Å². The average Bonchev–Trinajstić information content (AvgIpc) is 3.19. The number of primary amides is 1. The van der Waals surface area contributed by atoms with Gasteiger partial charge in [-0.3, -0.25) is 9.59 Å². The van der Waals surface area contributed by atoms with E-state index in [1.54, 1.807) is 13.0 Å². The Morgan fingerprint density at radius 3 is 2.70 bits per heavy atom. The lowest BCUT2D eigenvalue weighted by Gasteiger charge is -2.16. The molecule has 0 aliphatic heterocycles. The van der Waals surface area contributed by atoms with Crippen molar-refractivity contribution < 1.29 is 18.7 Å². The smallest absolute Gasteiger partial charge is 0.265 e. The number of carbonyl (C=O) groups is 2. The third kappa shape index (κ3) is 4.62. The number of carbonyl (C=O) groups excluding carboxylic acids is 2. The number of ether oxygens (including phenoxy) is 1. The molecule has 7 heteroatoms. The molecular weight excluding hydrogens is 421 g/mol. The minimum atomic E-state index is -0.456. The number of halogens is 1. The quantitative estimate of drug-likeness (QED) is 0.566. The van der Waals surface area contributed by atoms with Crippen LogP contribution in [0.5, 0.6) is 5.75 Å². The molecule has 0 atom stereocenters. The summed E-state index contributed by atoms with van der Waals surface area (Å²) in [4.78, 5) is 24.9. The number of hydrogen-bond acceptors (Lipinski definition) is 3. The van der Waals surface area contributed by atoms with Gasteiger partial charge in [0.15, 0.2) is 0 Å². The van der Waals surface area contributed by atoms with Crippen molar-refractivity contribution >= 4 is 11.8 Å². The number of nitrogens with one attached hydrogen (secondary N) is 1. The zero-order chi connectivity index (χ0) is 23.5. The molecule has 0 saturated carbocycles. The molecule has 4 rings (SSSR count). The molecule has 1 aliphatic rings. The topological polar surface area (TPSA) is 86.3 Å². The van der Waals surface area contributed by atoms with Gasteiger partial charge in [-0.05, 0) is 86.1 Å². The first kappa shape index (κ1) is 22.6. The third-order valence-electron chi connectivity index (χ3n) is 6.04. The Morgan fingerprint density at radius 2 is 1.94 bits per heavy atom. The summed E-state index contributed by atoms with van der Waals surface area (Å²) in [6.07, 6.45) is 5.89. The maximum atomic E-state index is 13.6. The lowest BCUT2D eigenvalue weighted by molar-refractivity contribution is 0.0948. The molecule has 0 spiro atoms. The van der Waals surface area contributed by atoms with Crippen molar-refractivity contribution in [2.45, 2.75) is 46.1 Å². The second kappa shape index (κ2) is 9.48. The monoisotopic (exact) mass is 449 g/mol. The maximum absolute atomic E-state index is 13.6. The summed E-state index contributed by atoms with van der Waals surface area (Å²) in [6, 6.07) is 9.75. The summed E-state index contributed by atoms with van der Waals surface area (Å²) < 4.78 is 21.3. The molecule has 2 amide bonds. The molecule has 0 unspecified atom stereocenters. The van der Waals surface area contributed by atoms with Gasteiger partial charge in [0.25, 0.3) is 11.8 Å². The van der Waals surface area contributed by atoms with Crippen LogP contribution in [0.15, 0.2) is 42.6 Å². The molecule has 33 heavy (non-hydrogen) atoms. The Bertz CT molecular complexity index is 1220. The van der Waals surface area contributed by atoms with Crippen LogP contribution in [0.2, 0.25) is 0 Å². The number of nitrogens with zero attached hydrogens (tertiary/aromatic N) is 1. The van der Waals surface area contributed by atoms with E-state index >= 15 is 0 Å². The van der Waals surface area contributed by atoms with Gasteiger partial charge in [-0.1, -0.05) is 12.1 Å². The van der Waals surface area contributed by atoms with Crippen molar-refractivity contribution in [3.05, 3.63) is 81.9 Å². The number of nitrogens with two attached hydrogens (primary N) is 1. The first-order valence-electron chi connectivity index (χ1n) is 11.2. The fourth-order valence-electron chi connectivity index (χ4n) is 4.42. The van der Waals surface area contributed by atoms with Gasteiger partial charge in [-0.15, -0.1) is 0 Å². The van der Waals surface area contributed by atoms with Gasteiger partial charge in [0, 0.05) is 18.3 Å². The van der Waals surface area contributed by atoms with Crippen LogP contribution in [0, 0.1) is 12.7 Å². The van der Waals surface area contributed by atoms with Crippen molar-refractivity contribution in [3.63, 3.8) is 0 Å². The minimum Gasteiger partial charge on any atom is -0.492 e. The molecule has 172 valence electrons. The van der Waals surface area contributed by atoms with Crippen LogP contribution in [0.1, 0.15) is 62.9 Å². The van der Waals surface area contributed by atoms with Gasteiger partial charge < -0.3 is 20.4 Å². The molecule has 0 fully saturated rings. The first-order valence-corrected chi connectivity index (χ1v) is 11.2. The van der Waals surface area contributed by atoms with Crippen molar-refractivity contribution in [3.8, 4) is 11.4 Å². The van der Waals surface area contributed by atoms with Crippen molar-refractivity contribution in [1.29, 1.82) is 0 Å². The Hall–Kier alpha value is -3.61. The summed E-state index contributed by atoms with van der Waals surface area (Å²) >= 11 is 0. The van der Waals surface area contributed by atoms with E-state index in [0.29, 0.717) is 29.2 Å². The molecule has 1 heterocycles. The summed E-state index contributed by atoms with van der Waals surface area (Å²) in [5, 5.41) is 2.84. The van der Waals surface area contributed by atoms with Crippen molar-refractivity contribution in [2.24, 2.45) is 5.73 Å². The van der Waals surface area contributed by atoms with E-state index in [1.165, 1.54) is 12.1 Å². The van der Waals surface area contributed by atoms with Crippen LogP contribution >= 0.6 is 0 Å². The number of hydrogen-bond donors (Lipinski definition) is 2. The third-order valence-corrected chi connectivity index (χ3v) is 6.04. The average molecular weight is 450 g/mol. The van der Waals surface area contributed by atoms with E-state index in [4.69, 9.17) is 10.5 Å². The molecule has 0 saturated heterocycles. The Kier molecular flexibility index (Phi) is 6.49. The Morgan fingerprint density at radius 1 is 1.15 bits per heavy atom. The van der Waals surface area contributed by atoms with Gasteiger partial charge >= 0.3 is 0 Å². The molecular formula is C26H28FN3O3. The predicted molar refractivity (Wildman–Crippen MR) is 124 cm³/mol. The summed E-state index contributed by atoms with van der Waals surface area (Å²) in [5.74, 6) is -0.653. The van der Waals surface area contributed by atoms with E-state index in [2.05, 4.69) is 5.32 Å². The van der Waals surface area contributed by atoms with E-state index in [9.17, 15) is 14.0 Å². The highest BCUT2D eigenvalue weighted by Gasteiger charge is 2.24. The molecule has 0 bridgehead atoms. The van der Waals surface area contributed by atoms with Gasteiger partial charge in [0.1, 0.15) is 17.3 Å². The Balaban J connectivity index is 1.63. The second-order valence-electron chi connectivity index (χ2n) is 8.30. The second-order valence-corrected chi connectivity index (χ2v) is 8.30. The maximum Gasteiger partial charge on any atom is 0.265 e.